The van der Waals surface area contributed by atoms with Gasteiger partial charge in [0.2, 0.25) is 0 Å². The van der Waals surface area contributed by atoms with E-state index in [0.717, 1.165) is 5.56 Å². The Morgan fingerprint density at radius 1 is 1.43 bits per heavy atom. The van der Waals surface area contributed by atoms with Crippen LogP contribution in [0, 0.1) is 0 Å². The molecule has 2 rings (SSSR count). The summed E-state index contributed by atoms with van der Waals surface area (Å²) in [7, 11) is 0. The van der Waals surface area contributed by atoms with Crippen LogP contribution >= 0.6 is 22.9 Å². The van der Waals surface area contributed by atoms with E-state index in [2.05, 4.69) is 5.32 Å². The summed E-state index contributed by atoms with van der Waals surface area (Å²) in [6, 6.07) is 8.40. The molecular weight excluding hydrogens is 310 g/mol. The second-order valence-electron chi connectivity index (χ2n) is 4.93. The van der Waals surface area contributed by atoms with Crippen LogP contribution in [0.5, 0.6) is 0 Å². The highest BCUT2D eigenvalue weighted by molar-refractivity contribution is 7.08. The van der Waals surface area contributed by atoms with Gasteiger partial charge in [-0.1, -0.05) is 29.8 Å². The lowest BCUT2D eigenvalue weighted by molar-refractivity contribution is -0.130. The highest BCUT2D eigenvalue weighted by Gasteiger charge is 2.26. The van der Waals surface area contributed by atoms with Gasteiger partial charge in [0, 0.05) is 10.6 Å². The van der Waals surface area contributed by atoms with E-state index in [1.165, 1.54) is 11.3 Å². The molecule has 2 atom stereocenters. The van der Waals surface area contributed by atoms with Crippen LogP contribution in [0.15, 0.2) is 41.1 Å². The predicted molar refractivity (Wildman–Crippen MR) is 83.3 cm³/mol. The lowest BCUT2D eigenvalue weighted by Gasteiger charge is -2.23. The fraction of sp³-hybridized carbons (Fsp3) is 0.267. The van der Waals surface area contributed by atoms with Crippen LogP contribution in [-0.2, 0) is 10.4 Å². The molecule has 0 radical (unpaired) electrons. The van der Waals surface area contributed by atoms with Crippen LogP contribution in [0.1, 0.15) is 24.2 Å². The highest BCUT2D eigenvalue weighted by Crippen LogP contribution is 2.24. The SMILES string of the molecule is CC(O)(CNC(=O)[C@H](O)c1ccccc1Cl)c1ccsc1. The Hall–Kier alpha value is -1.40. The smallest absolute Gasteiger partial charge is 0.253 e. The van der Waals surface area contributed by atoms with Crippen LogP contribution in [0.3, 0.4) is 0 Å². The number of benzene rings is 1. The molecule has 0 aliphatic rings. The third kappa shape index (κ3) is 3.83. The number of nitrogens with one attached hydrogen (secondary N) is 1. The maximum Gasteiger partial charge on any atom is 0.253 e. The Morgan fingerprint density at radius 2 is 2.14 bits per heavy atom. The predicted octanol–water partition coefficient (Wildman–Crippen LogP) is 2.46. The summed E-state index contributed by atoms with van der Waals surface area (Å²) in [5, 5.41) is 26.9. The van der Waals surface area contributed by atoms with Gasteiger partial charge in [-0.3, -0.25) is 4.79 Å². The second-order valence-corrected chi connectivity index (χ2v) is 6.11. The average Bonchev–Trinajstić information content (AvgIpc) is 2.99. The average molecular weight is 326 g/mol. The molecule has 1 aromatic carbocycles. The quantitative estimate of drug-likeness (QED) is 0.791. The van der Waals surface area contributed by atoms with Crippen molar-refractivity contribution in [3.63, 3.8) is 0 Å². The van der Waals surface area contributed by atoms with E-state index in [9.17, 15) is 15.0 Å². The zero-order valence-electron chi connectivity index (χ0n) is 11.4. The van der Waals surface area contributed by atoms with Crippen molar-refractivity contribution in [2.45, 2.75) is 18.6 Å². The molecular formula is C15H16ClNO3S. The van der Waals surface area contributed by atoms with Crippen LogP contribution in [0.25, 0.3) is 0 Å². The zero-order valence-corrected chi connectivity index (χ0v) is 13.0. The summed E-state index contributed by atoms with van der Waals surface area (Å²) in [4.78, 5) is 12.0. The molecule has 0 fully saturated rings. The number of hydrogen-bond donors (Lipinski definition) is 3. The number of halogens is 1. The van der Waals surface area contributed by atoms with E-state index in [0.29, 0.717) is 10.6 Å². The summed E-state index contributed by atoms with van der Waals surface area (Å²) in [6.45, 7) is 1.61. The molecule has 0 bridgehead atoms. The fourth-order valence-electron chi connectivity index (χ4n) is 1.87. The van der Waals surface area contributed by atoms with Gasteiger partial charge in [0.25, 0.3) is 5.91 Å². The standard InChI is InChI=1S/C15H16ClNO3S/c1-15(20,10-6-7-21-8-10)9-17-14(19)13(18)11-4-2-3-5-12(11)16/h2-8,13,18,20H,9H2,1H3,(H,17,19)/t13-,15?/m1/s1. The number of thiophene rings is 1. The Morgan fingerprint density at radius 3 is 2.76 bits per heavy atom. The Balaban J connectivity index is 2.01. The summed E-state index contributed by atoms with van der Waals surface area (Å²) >= 11 is 7.41. The fourth-order valence-corrected chi connectivity index (χ4v) is 2.89. The van der Waals surface area contributed by atoms with Gasteiger partial charge in [0.05, 0.1) is 6.54 Å². The van der Waals surface area contributed by atoms with Crippen molar-refractivity contribution < 1.29 is 15.0 Å². The molecule has 0 aliphatic carbocycles. The van der Waals surface area contributed by atoms with Gasteiger partial charge in [-0.2, -0.15) is 11.3 Å². The van der Waals surface area contributed by atoms with Crippen molar-refractivity contribution >= 4 is 28.8 Å². The molecule has 4 nitrogen and oxygen atoms in total. The number of carbonyl (C=O) groups excluding carboxylic acids is 1. The first-order valence-corrected chi connectivity index (χ1v) is 7.69. The first-order valence-electron chi connectivity index (χ1n) is 6.37. The number of aliphatic hydroxyl groups excluding tert-OH is 1. The first-order chi connectivity index (χ1) is 9.92. The molecule has 1 heterocycles. The largest absolute Gasteiger partial charge is 0.384 e. The van der Waals surface area contributed by atoms with Crippen LogP contribution in [-0.4, -0.2) is 22.7 Å². The topological polar surface area (TPSA) is 69.6 Å². The number of carbonyl (C=O) groups is 1. The van der Waals surface area contributed by atoms with Crippen molar-refractivity contribution in [2.75, 3.05) is 6.54 Å². The summed E-state index contributed by atoms with van der Waals surface area (Å²) in [6.07, 6.45) is -1.36. The highest BCUT2D eigenvalue weighted by atomic mass is 35.5. The maximum absolute atomic E-state index is 12.0. The number of aliphatic hydroxyl groups is 2. The van der Waals surface area contributed by atoms with Crippen LogP contribution in [0.4, 0.5) is 0 Å². The minimum absolute atomic E-state index is 0.00405. The number of rotatable bonds is 5. The summed E-state index contributed by atoms with van der Waals surface area (Å²) in [5.74, 6) is -0.599. The van der Waals surface area contributed by atoms with Crippen molar-refractivity contribution in [3.8, 4) is 0 Å². The van der Waals surface area contributed by atoms with Gasteiger partial charge in [0.15, 0.2) is 6.10 Å². The monoisotopic (exact) mass is 325 g/mol. The van der Waals surface area contributed by atoms with Gasteiger partial charge in [-0.25, -0.2) is 0 Å². The van der Waals surface area contributed by atoms with Gasteiger partial charge in [-0.15, -0.1) is 0 Å². The van der Waals surface area contributed by atoms with Gasteiger partial charge in [0.1, 0.15) is 5.60 Å². The van der Waals surface area contributed by atoms with E-state index in [-0.39, 0.29) is 6.54 Å². The van der Waals surface area contributed by atoms with Gasteiger partial charge >= 0.3 is 0 Å². The van der Waals surface area contributed by atoms with E-state index in [1.807, 2.05) is 10.8 Å². The zero-order chi connectivity index (χ0) is 15.5. The molecule has 0 spiro atoms. The van der Waals surface area contributed by atoms with Crippen molar-refractivity contribution in [2.24, 2.45) is 0 Å². The lowest BCUT2D eigenvalue weighted by atomic mass is 9.99. The van der Waals surface area contributed by atoms with Crippen molar-refractivity contribution in [3.05, 3.63) is 57.2 Å². The van der Waals surface area contributed by atoms with E-state index < -0.39 is 17.6 Å². The molecule has 21 heavy (non-hydrogen) atoms. The molecule has 0 saturated heterocycles. The van der Waals surface area contributed by atoms with Crippen LogP contribution in [0.2, 0.25) is 5.02 Å². The van der Waals surface area contributed by atoms with E-state index in [1.54, 1.807) is 37.3 Å². The Kier molecular flexibility index (Phi) is 5.00. The second kappa shape index (κ2) is 6.58. The minimum atomic E-state index is -1.36. The molecule has 112 valence electrons. The Bertz CT molecular complexity index is 613. The molecule has 1 aromatic heterocycles. The summed E-state index contributed by atoms with van der Waals surface area (Å²) < 4.78 is 0. The van der Waals surface area contributed by atoms with E-state index >= 15 is 0 Å². The molecule has 0 saturated carbocycles. The van der Waals surface area contributed by atoms with Crippen molar-refractivity contribution in [1.29, 1.82) is 0 Å². The molecule has 0 aliphatic heterocycles. The Labute approximate surface area is 132 Å². The molecule has 3 N–H and O–H groups in total. The minimum Gasteiger partial charge on any atom is -0.384 e. The molecule has 1 amide bonds. The lowest BCUT2D eigenvalue weighted by Crippen LogP contribution is -2.40. The molecule has 2 aromatic rings. The van der Waals surface area contributed by atoms with Gasteiger partial charge in [-0.05, 0) is 35.4 Å². The maximum atomic E-state index is 12.0. The third-order valence-electron chi connectivity index (χ3n) is 3.20. The number of hydrogen-bond acceptors (Lipinski definition) is 4. The van der Waals surface area contributed by atoms with E-state index in [4.69, 9.17) is 11.6 Å². The number of amides is 1. The summed E-state index contributed by atoms with van der Waals surface area (Å²) in [5.41, 5.74) is -0.123. The molecule has 1 unspecified atom stereocenters. The van der Waals surface area contributed by atoms with Crippen LogP contribution < -0.4 is 5.32 Å². The van der Waals surface area contributed by atoms with Gasteiger partial charge < -0.3 is 15.5 Å². The molecule has 6 heteroatoms. The third-order valence-corrected chi connectivity index (χ3v) is 4.23. The van der Waals surface area contributed by atoms with Crippen molar-refractivity contribution in [1.82, 2.24) is 5.32 Å². The first kappa shape index (κ1) is 16.0. The normalized spacial score (nSPS) is 15.2.